The minimum atomic E-state index is -0.0896. The molecule has 0 aromatic heterocycles. The van der Waals surface area contributed by atoms with E-state index in [4.69, 9.17) is 0 Å². The Kier molecular flexibility index (Phi) is 2.98. The standard InChI is InChI=1S/C15H24O/c1-10(2)12-8-13-11(3)6-5-7-15(13,4)14(16)9-12/h10,12H,5-9H2,1-4H3/t12-,15+/m0/s1. The molecule has 0 spiro atoms. The Labute approximate surface area is 99.3 Å². The molecule has 2 atom stereocenters. The van der Waals surface area contributed by atoms with E-state index in [0.29, 0.717) is 17.6 Å². The van der Waals surface area contributed by atoms with Crippen LogP contribution in [0, 0.1) is 17.3 Å². The highest BCUT2D eigenvalue weighted by Crippen LogP contribution is 2.50. The molecule has 0 amide bonds. The van der Waals surface area contributed by atoms with Gasteiger partial charge < -0.3 is 0 Å². The Bertz CT molecular complexity index is 337. The van der Waals surface area contributed by atoms with Crippen molar-refractivity contribution in [1.82, 2.24) is 0 Å². The van der Waals surface area contributed by atoms with Gasteiger partial charge in [-0.05, 0) is 51.4 Å². The number of ketones is 1. The minimum Gasteiger partial charge on any atom is -0.299 e. The van der Waals surface area contributed by atoms with Gasteiger partial charge in [0.05, 0.1) is 0 Å². The third-order valence-corrected chi connectivity index (χ3v) is 4.88. The van der Waals surface area contributed by atoms with Crippen molar-refractivity contribution < 1.29 is 4.79 Å². The van der Waals surface area contributed by atoms with Crippen LogP contribution in [0.1, 0.15) is 59.8 Å². The molecule has 0 N–H and O–H groups in total. The van der Waals surface area contributed by atoms with Gasteiger partial charge in [0.2, 0.25) is 0 Å². The summed E-state index contributed by atoms with van der Waals surface area (Å²) in [6, 6.07) is 0. The molecular formula is C15H24O. The lowest BCUT2D eigenvalue weighted by atomic mass is 9.59. The van der Waals surface area contributed by atoms with Crippen LogP contribution < -0.4 is 0 Å². The van der Waals surface area contributed by atoms with Gasteiger partial charge in [-0.3, -0.25) is 4.79 Å². The van der Waals surface area contributed by atoms with Crippen molar-refractivity contribution in [1.29, 1.82) is 0 Å². The van der Waals surface area contributed by atoms with E-state index in [0.717, 1.165) is 12.8 Å². The van der Waals surface area contributed by atoms with Gasteiger partial charge in [0.1, 0.15) is 5.78 Å². The monoisotopic (exact) mass is 220 g/mol. The Morgan fingerprint density at radius 2 is 2.00 bits per heavy atom. The van der Waals surface area contributed by atoms with Crippen LogP contribution in [0.4, 0.5) is 0 Å². The number of hydrogen-bond acceptors (Lipinski definition) is 1. The summed E-state index contributed by atoms with van der Waals surface area (Å²) in [6.07, 6.45) is 5.48. The lowest BCUT2D eigenvalue weighted by molar-refractivity contribution is -0.130. The van der Waals surface area contributed by atoms with Crippen molar-refractivity contribution in [3.8, 4) is 0 Å². The molecule has 0 bridgehead atoms. The molecule has 0 aliphatic heterocycles. The second-order valence-corrected chi connectivity index (χ2v) is 6.28. The van der Waals surface area contributed by atoms with E-state index in [1.807, 2.05) is 0 Å². The predicted octanol–water partition coefficient (Wildman–Crippen LogP) is 4.13. The van der Waals surface area contributed by atoms with Crippen LogP contribution in [0.5, 0.6) is 0 Å². The summed E-state index contributed by atoms with van der Waals surface area (Å²) < 4.78 is 0. The van der Waals surface area contributed by atoms with Gasteiger partial charge >= 0.3 is 0 Å². The van der Waals surface area contributed by atoms with Gasteiger partial charge in [-0.1, -0.05) is 25.0 Å². The third kappa shape index (κ3) is 1.74. The molecule has 2 rings (SSSR count). The minimum absolute atomic E-state index is 0.0896. The number of allylic oxidation sites excluding steroid dienone is 2. The van der Waals surface area contributed by atoms with E-state index in [9.17, 15) is 4.79 Å². The first kappa shape index (κ1) is 11.9. The van der Waals surface area contributed by atoms with Crippen molar-refractivity contribution in [3.63, 3.8) is 0 Å². The largest absolute Gasteiger partial charge is 0.299 e. The SMILES string of the molecule is CC1=C2C[C@H](C(C)C)CC(=O)[C@]2(C)CCC1. The lowest BCUT2D eigenvalue weighted by Crippen LogP contribution is -2.40. The average molecular weight is 220 g/mol. The molecule has 0 radical (unpaired) electrons. The van der Waals surface area contributed by atoms with Gasteiger partial charge in [0, 0.05) is 11.8 Å². The number of hydrogen-bond donors (Lipinski definition) is 0. The van der Waals surface area contributed by atoms with Crippen LogP contribution in [0.3, 0.4) is 0 Å². The molecule has 1 fully saturated rings. The molecule has 1 saturated carbocycles. The Morgan fingerprint density at radius 3 is 2.62 bits per heavy atom. The van der Waals surface area contributed by atoms with E-state index >= 15 is 0 Å². The Morgan fingerprint density at radius 1 is 1.31 bits per heavy atom. The first-order valence-electron chi connectivity index (χ1n) is 6.67. The summed E-state index contributed by atoms with van der Waals surface area (Å²) in [4.78, 5) is 12.4. The lowest BCUT2D eigenvalue weighted by Gasteiger charge is -2.43. The van der Waals surface area contributed by atoms with Crippen LogP contribution in [-0.2, 0) is 4.79 Å². The zero-order valence-electron chi connectivity index (χ0n) is 11.1. The zero-order valence-corrected chi connectivity index (χ0v) is 11.1. The summed E-state index contributed by atoms with van der Waals surface area (Å²) >= 11 is 0. The summed E-state index contributed by atoms with van der Waals surface area (Å²) in [5.74, 6) is 1.73. The zero-order chi connectivity index (χ0) is 11.9. The molecule has 2 aliphatic carbocycles. The molecule has 0 saturated heterocycles. The molecule has 0 unspecified atom stereocenters. The second kappa shape index (κ2) is 4.01. The molecule has 2 aliphatic rings. The molecule has 1 heteroatoms. The first-order valence-corrected chi connectivity index (χ1v) is 6.67. The highest BCUT2D eigenvalue weighted by molar-refractivity contribution is 5.89. The molecular weight excluding hydrogens is 196 g/mol. The van der Waals surface area contributed by atoms with Crippen LogP contribution in [0.15, 0.2) is 11.1 Å². The molecule has 0 heterocycles. The number of carbonyl (C=O) groups is 1. The molecule has 90 valence electrons. The fourth-order valence-electron chi connectivity index (χ4n) is 3.46. The summed E-state index contributed by atoms with van der Waals surface area (Å²) in [6.45, 7) is 8.92. The summed E-state index contributed by atoms with van der Waals surface area (Å²) in [5, 5.41) is 0. The molecule has 16 heavy (non-hydrogen) atoms. The van der Waals surface area contributed by atoms with Gasteiger partial charge in [-0.25, -0.2) is 0 Å². The van der Waals surface area contributed by atoms with Gasteiger partial charge in [-0.2, -0.15) is 0 Å². The highest BCUT2D eigenvalue weighted by Gasteiger charge is 2.44. The van der Waals surface area contributed by atoms with Crippen molar-refractivity contribution in [2.24, 2.45) is 17.3 Å². The average Bonchev–Trinajstić information content (AvgIpc) is 2.20. The second-order valence-electron chi connectivity index (χ2n) is 6.28. The summed E-state index contributed by atoms with van der Waals surface area (Å²) in [5.41, 5.74) is 2.91. The topological polar surface area (TPSA) is 17.1 Å². The van der Waals surface area contributed by atoms with Gasteiger partial charge in [0.15, 0.2) is 0 Å². The van der Waals surface area contributed by atoms with Crippen molar-refractivity contribution in [3.05, 3.63) is 11.1 Å². The number of rotatable bonds is 1. The fraction of sp³-hybridized carbons (Fsp3) is 0.800. The highest BCUT2D eigenvalue weighted by atomic mass is 16.1. The molecule has 0 aromatic rings. The Balaban J connectivity index is 2.35. The van der Waals surface area contributed by atoms with E-state index in [2.05, 4.69) is 27.7 Å². The van der Waals surface area contributed by atoms with Gasteiger partial charge in [-0.15, -0.1) is 0 Å². The van der Waals surface area contributed by atoms with Crippen molar-refractivity contribution >= 4 is 5.78 Å². The maximum atomic E-state index is 12.4. The van der Waals surface area contributed by atoms with Crippen LogP contribution in [0.25, 0.3) is 0 Å². The Hall–Kier alpha value is -0.590. The quantitative estimate of drug-likeness (QED) is 0.607. The summed E-state index contributed by atoms with van der Waals surface area (Å²) in [7, 11) is 0. The van der Waals surface area contributed by atoms with E-state index in [1.54, 1.807) is 0 Å². The smallest absolute Gasteiger partial charge is 0.143 e. The number of fused-ring (bicyclic) bond motifs is 1. The van der Waals surface area contributed by atoms with E-state index in [-0.39, 0.29) is 5.41 Å². The van der Waals surface area contributed by atoms with E-state index in [1.165, 1.54) is 30.4 Å². The number of carbonyl (C=O) groups excluding carboxylic acids is 1. The normalized spacial score (nSPS) is 35.6. The maximum Gasteiger partial charge on any atom is 0.143 e. The predicted molar refractivity (Wildman–Crippen MR) is 67.2 cm³/mol. The van der Waals surface area contributed by atoms with Crippen LogP contribution in [-0.4, -0.2) is 5.78 Å². The van der Waals surface area contributed by atoms with Gasteiger partial charge in [0.25, 0.3) is 0 Å². The molecule has 0 aromatic carbocycles. The first-order chi connectivity index (χ1) is 7.45. The van der Waals surface area contributed by atoms with Crippen LogP contribution >= 0.6 is 0 Å². The maximum absolute atomic E-state index is 12.4. The molecule has 1 nitrogen and oxygen atoms in total. The van der Waals surface area contributed by atoms with Crippen molar-refractivity contribution in [2.45, 2.75) is 59.8 Å². The third-order valence-electron chi connectivity index (χ3n) is 4.88. The fourth-order valence-corrected chi connectivity index (χ4v) is 3.46. The van der Waals surface area contributed by atoms with Crippen molar-refractivity contribution in [2.75, 3.05) is 0 Å². The van der Waals surface area contributed by atoms with Crippen LogP contribution in [0.2, 0.25) is 0 Å². The number of Topliss-reactive ketones (excluding diaryl/α,β-unsaturated/α-hetero) is 1. The van der Waals surface area contributed by atoms with E-state index < -0.39 is 0 Å².